The lowest BCUT2D eigenvalue weighted by Crippen LogP contribution is -2.49. The zero-order valence-electron chi connectivity index (χ0n) is 8.76. The lowest BCUT2D eigenvalue weighted by Gasteiger charge is -2.44. The maximum Gasteiger partial charge on any atom is 0.0725 e. The Morgan fingerprint density at radius 2 is 1.92 bits per heavy atom. The molecule has 2 heteroatoms. The molecule has 0 amide bonds. The zero-order valence-corrected chi connectivity index (χ0v) is 8.76. The van der Waals surface area contributed by atoms with Crippen LogP contribution in [0.3, 0.4) is 0 Å². The van der Waals surface area contributed by atoms with E-state index in [9.17, 15) is 0 Å². The smallest absolute Gasteiger partial charge is 0.0725 e. The van der Waals surface area contributed by atoms with E-state index >= 15 is 0 Å². The molecular weight excluding hydrogens is 152 g/mol. The second-order valence-electron chi connectivity index (χ2n) is 4.16. The van der Waals surface area contributed by atoms with Crippen LogP contribution in [0.15, 0.2) is 0 Å². The minimum Gasteiger partial charge on any atom is -0.378 e. The molecule has 1 fully saturated rings. The maximum absolute atomic E-state index is 5.72. The normalized spacial score (nSPS) is 49.2. The number of rotatable bonds is 1. The molecule has 0 bridgehead atoms. The van der Waals surface area contributed by atoms with E-state index in [1.54, 1.807) is 7.11 Å². The second kappa shape index (κ2) is 3.35. The minimum atomic E-state index is -0.00289. The van der Waals surface area contributed by atoms with E-state index in [-0.39, 0.29) is 5.60 Å². The molecule has 72 valence electrons. The highest BCUT2D eigenvalue weighted by molar-refractivity contribution is 4.90. The Morgan fingerprint density at radius 3 is 2.42 bits per heavy atom. The van der Waals surface area contributed by atoms with Gasteiger partial charge in [0.1, 0.15) is 0 Å². The molecule has 0 spiro atoms. The van der Waals surface area contributed by atoms with E-state index in [0.29, 0.717) is 18.1 Å². The molecule has 0 aromatic heterocycles. The lowest BCUT2D eigenvalue weighted by atomic mass is 9.80. The molecule has 1 aliphatic heterocycles. The second-order valence-corrected chi connectivity index (χ2v) is 4.16. The topological polar surface area (TPSA) is 18.5 Å². The Labute approximate surface area is 75.2 Å². The van der Waals surface area contributed by atoms with E-state index in [1.165, 1.54) is 0 Å². The van der Waals surface area contributed by atoms with E-state index in [4.69, 9.17) is 9.47 Å². The standard InChI is InChI=1S/C10H20O2/c1-7-6-10(4,11-5)8(2)9(3)12-7/h7-9H,6H2,1-5H3/t7-,8-,9-,10+/m0/s1. The van der Waals surface area contributed by atoms with Gasteiger partial charge in [-0.3, -0.25) is 0 Å². The van der Waals surface area contributed by atoms with Crippen LogP contribution in [0.4, 0.5) is 0 Å². The monoisotopic (exact) mass is 172 g/mol. The van der Waals surface area contributed by atoms with Crippen LogP contribution in [-0.2, 0) is 9.47 Å². The van der Waals surface area contributed by atoms with Gasteiger partial charge >= 0.3 is 0 Å². The van der Waals surface area contributed by atoms with Gasteiger partial charge in [-0.05, 0) is 20.8 Å². The number of ether oxygens (including phenoxy) is 2. The molecule has 1 saturated heterocycles. The van der Waals surface area contributed by atoms with Crippen LogP contribution < -0.4 is 0 Å². The minimum absolute atomic E-state index is 0.00289. The van der Waals surface area contributed by atoms with Crippen molar-refractivity contribution in [1.82, 2.24) is 0 Å². The summed E-state index contributed by atoms with van der Waals surface area (Å²) in [6.07, 6.45) is 1.62. The fourth-order valence-corrected chi connectivity index (χ4v) is 2.05. The van der Waals surface area contributed by atoms with Crippen LogP contribution in [0.1, 0.15) is 34.1 Å². The summed E-state index contributed by atoms with van der Waals surface area (Å²) in [7, 11) is 1.79. The summed E-state index contributed by atoms with van der Waals surface area (Å²) in [5.74, 6) is 0.471. The van der Waals surface area contributed by atoms with Gasteiger partial charge < -0.3 is 9.47 Å². The van der Waals surface area contributed by atoms with Crippen molar-refractivity contribution in [3.63, 3.8) is 0 Å². The summed E-state index contributed by atoms with van der Waals surface area (Å²) in [5.41, 5.74) is -0.00289. The van der Waals surface area contributed by atoms with Gasteiger partial charge in [0.2, 0.25) is 0 Å². The highest BCUT2D eigenvalue weighted by Crippen LogP contribution is 2.35. The zero-order chi connectivity index (χ0) is 9.35. The van der Waals surface area contributed by atoms with E-state index in [0.717, 1.165) is 6.42 Å². The van der Waals surface area contributed by atoms with Crippen molar-refractivity contribution in [2.75, 3.05) is 7.11 Å². The SMILES string of the molecule is CO[C@]1(C)C[C@H](C)O[C@@H](C)[C@@H]1C. The Morgan fingerprint density at radius 1 is 1.33 bits per heavy atom. The van der Waals surface area contributed by atoms with Gasteiger partial charge in [0, 0.05) is 19.4 Å². The summed E-state index contributed by atoms with van der Waals surface area (Å²) < 4.78 is 11.3. The van der Waals surface area contributed by atoms with Crippen molar-refractivity contribution < 1.29 is 9.47 Å². The molecule has 0 radical (unpaired) electrons. The van der Waals surface area contributed by atoms with Crippen LogP contribution in [0.5, 0.6) is 0 Å². The van der Waals surface area contributed by atoms with Crippen molar-refractivity contribution >= 4 is 0 Å². The van der Waals surface area contributed by atoms with Gasteiger partial charge in [-0.1, -0.05) is 6.92 Å². The maximum atomic E-state index is 5.72. The molecule has 4 atom stereocenters. The van der Waals surface area contributed by atoms with Crippen molar-refractivity contribution in [3.8, 4) is 0 Å². The van der Waals surface area contributed by atoms with E-state index in [1.807, 2.05) is 0 Å². The van der Waals surface area contributed by atoms with Crippen LogP contribution in [0.25, 0.3) is 0 Å². The Bertz CT molecular complexity index is 158. The Hall–Kier alpha value is -0.0800. The first-order valence-electron chi connectivity index (χ1n) is 4.70. The molecule has 1 aliphatic rings. The first-order chi connectivity index (χ1) is 5.49. The first-order valence-corrected chi connectivity index (χ1v) is 4.70. The largest absolute Gasteiger partial charge is 0.378 e. The van der Waals surface area contributed by atoms with Gasteiger partial charge in [-0.2, -0.15) is 0 Å². The molecule has 0 aromatic carbocycles. The van der Waals surface area contributed by atoms with Crippen molar-refractivity contribution in [2.45, 2.75) is 51.9 Å². The number of hydrogen-bond acceptors (Lipinski definition) is 2. The molecule has 0 saturated carbocycles. The molecule has 2 nitrogen and oxygen atoms in total. The number of methoxy groups -OCH3 is 1. The summed E-state index contributed by atoms with van der Waals surface area (Å²) in [6, 6.07) is 0. The molecule has 0 N–H and O–H groups in total. The third-order valence-corrected chi connectivity index (χ3v) is 3.27. The van der Waals surface area contributed by atoms with E-state index < -0.39 is 0 Å². The molecule has 0 unspecified atom stereocenters. The van der Waals surface area contributed by atoms with Crippen LogP contribution in [0.2, 0.25) is 0 Å². The summed E-state index contributed by atoms with van der Waals surface area (Å²) >= 11 is 0. The third kappa shape index (κ3) is 1.64. The molecule has 1 rings (SSSR count). The predicted octanol–water partition coefficient (Wildman–Crippen LogP) is 2.22. The first kappa shape index (κ1) is 10.0. The average Bonchev–Trinajstić information content (AvgIpc) is 2.00. The fourth-order valence-electron chi connectivity index (χ4n) is 2.05. The van der Waals surface area contributed by atoms with Gasteiger partial charge in [-0.25, -0.2) is 0 Å². The lowest BCUT2D eigenvalue weighted by molar-refractivity contribution is -0.175. The van der Waals surface area contributed by atoms with Gasteiger partial charge in [0.25, 0.3) is 0 Å². The van der Waals surface area contributed by atoms with E-state index in [2.05, 4.69) is 27.7 Å². The van der Waals surface area contributed by atoms with Crippen molar-refractivity contribution in [3.05, 3.63) is 0 Å². The average molecular weight is 172 g/mol. The molecule has 12 heavy (non-hydrogen) atoms. The summed E-state index contributed by atoms with van der Waals surface area (Å²) in [5, 5.41) is 0. The highest BCUT2D eigenvalue weighted by atomic mass is 16.5. The molecule has 0 aliphatic carbocycles. The highest BCUT2D eigenvalue weighted by Gasteiger charge is 2.41. The Balaban J connectivity index is 2.72. The van der Waals surface area contributed by atoms with Crippen molar-refractivity contribution in [1.29, 1.82) is 0 Å². The molecule has 1 heterocycles. The van der Waals surface area contributed by atoms with Crippen LogP contribution in [-0.4, -0.2) is 24.9 Å². The fraction of sp³-hybridized carbons (Fsp3) is 1.00. The predicted molar refractivity (Wildman–Crippen MR) is 49.2 cm³/mol. The van der Waals surface area contributed by atoms with Crippen molar-refractivity contribution in [2.24, 2.45) is 5.92 Å². The summed E-state index contributed by atoms with van der Waals surface area (Å²) in [6.45, 7) is 8.60. The third-order valence-electron chi connectivity index (χ3n) is 3.27. The summed E-state index contributed by atoms with van der Waals surface area (Å²) in [4.78, 5) is 0. The quantitative estimate of drug-likeness (QED) is 0.604. The molecular formula is C10H20O2. The van der Waals surface area contributed by atoms with Crippen LogP contribution in [0, 0.1) is 5.92 Å². The Kier molecular flexibility index (Phi) is 2.79. The number of hydrogen-bond donors (Lipinski definition) is 0. The molecule has 0 aromatic rings. The van der Waals surface area contributed by atoms with Crippen LogP contribution >= 0.6 is 0 Å². The van der Waals surface area contributed by atoms with Gasteiger partial charge in [0.15, 0.2) is 0 Å². The van der Waals surface area contributed by atoms with Gasteiger partial charge in [-0.15, -0.1) is 0 Å². The van der Waals surface area contributed by atoms with Gasteiger partial charge in [0.05, 0.1) is 17.8 Å².